The highest BCUT2D eigenvalue weighted by Crippen LogP contribution is 2.41. The van der Waals surface area contributed by atoms with E-state index in [1.54, 1.807) is 30.6 Å². The van der Waals surface area contributed by atoms with Crippen molar-refractivity contribution in [1.29, 1.82) is 0 Å². The van der Waals surface area contributed by atoms with E-state index in [1.807, 2.05) is 6.07 Å². The second-order valence-corrected chi connectivity index (χ2v) is 6.08. The minimum absolute atomic E-state index is 0.333. The van der Waals surface area contributed by atoms with Crippen LogP contribution in [0, 0.1) is 17.5 Å². The molecule has 0 amide bonds. The minimum Gasteiger partial charge on any atom is -0.264 e. The van der Waals surface area contributed by atoms with Crippen molar-refractivity contribution < 1.29 is 13.2 Å². The fourth-order valence-electron chi connectivity index (χ4n) is 2.21. The Kier molecular flexibility index (Phi) is 4.67. The van der Waals surface area contributed by atoms with Crippen LogP contribution in [0.5, 0.6) is 0 Å². The van der Waals surface area contributed by atoms with E-state index in [4.69, 9.17) is 0 Å². The highest BCUT2D eigenvalue weighted by molar-refractivity contribution is 7.99. The van der Waals surface area contributed by atoms with E-state index in [0.29, 0.717) is 5.56 Å². The molecule has 0 aliphatic heterocycles. The van der Waals surface area contributed by atoms with E-state index in [2.05, 4.69) is 4.98 Å². The van der Waals surface area contributed by atoms with Crippen LogP contribution in [-0.2, 0) is 0 Å². The Hall–Kier alpha value is -2.27. The largest absolute Gasteiger partial charge is 0.264 e. The molecule has 0 bridgehead atoms. The predicted molar refractivity (Wildman–Crippen MR) is 84.7 cm³/mol. The Morgan fingerprint density at radius 3 is 2.26 bits per heavy atom. The normalized spacial score (nSPS) is 12.1. The Morgan fingerprint density at radius 2 is 1.61 bits per heavy atom. The topological polar surface area (TPSA) is 12.9 Å². The standard InChI is InChI=1S/C18H12F3NS/c19-13-3-6-15(7-4-13)23-18(12-2-1-9-22-11-12)16-8-5-14(20)10-17(16)21/h1-11,18H. The van der Waals surface area contributed by atoms with E-state index in [9.17, 15) is 13.2 Å². The van der Waals surface area contributed by atoms with Crippen molar-refractivity contribution >= 4 is 11.8 Å². The molecule has 0 N–H and O–H groups in total. The number of halogens is 3. The van der Waals surface area contributed by atoms with Gasteiger partial charge in [0.15, 0.2) is 0 Å². The molecule has 23 heavy (non-hydrogen) atoms. The van der Waals surface area contributed by atoms with E-state index in [1.165, 1.54) is 36.0 Å². The first kappa shape index (κ1) is 15.6. The predicted octanol–water partition coefficient (Wildman–Crippen LogP) is 5.38. The molecule has 3 rings (SSSR count). The monoisotopic (exact) mass is 331 g/mol. The molecule has 1 nitrogen and oxygen atoms in total. The highest BCUT2D eigenvalue weighted by Gasteiger charge is 2.20. The lowest BCUT2D eigenvalue weighted by Gasteiger charge is -2.18. The third kappa shape index (κ3) is 3.74. The van der Waals surface area contributed by atoms with Crippen molar-refractivity contribution in [3.63, 3.8) is 0 Å². The summed E-state index contributed by atoms with van der Waals surface area (Å²) in [6.45, 7) is 0. The molecule has 0 saturated carbocycles. The molecule has 1 aromatic heterocycles. The van der Waals surface area contributed by atoms with E-state index >= 15 is 0 Å². The summed E-state index contributed by atoms with van der Waals surface area (Å²) in [5.74, 6) is -1.57. The number of aromatic nitrogens is 1. The molecule has 0 aliphatic rings. The van der Waals surface area contributed by atoms with Crippen LogP contribution in [0.4, 0.5) is 13.2 Å². The highest BCUT2D eigenvalue weighted by atomic mass is 32.2. The van der Waals surface area contributed by atoms with Crippen LogP contribution in [0.2, 0.25) is 0 Å². The van der Waals surface area contributed by atoms with Crippen LogP contribution < -0.4 is 0 Å². The van der Waals surface area contributed by atoms with Gasteiger partial charge in [0, 0.05) is 28.9 Å². The number of hydrogen-bond donors (Lipinski definition) is 0. The molecule has 0 fully saturated rings. The summed E-state index contributed by atoms with van der Waals surface area (Å²) >= 11 is 1.35. The van der Waals surface area contributed by atoms with Crippen molar-refractivity contribution in [3.05, 3.63) is 95.6 Å². The van der Waals surface area contributed by atoms with Crippen LogP contribution in [0.15, 0.2) is 71.9 Å². The van der Waals surface area contributed by atoms with Gasteiger partial charge in [0.2, 0.25) is 0 Å². The van der Waals surface area contributed by atoms with Gasteiger partial charge in [-0.3, -0.25) is 4.98 Å². The zero-order chi connectivity index (χ0) is 16.2. The Morgan fingerprint density at radius 1 is 0.870 bits per heavy atom. The fourth-order valence-corrected chi connectivity index (χ4v) is 3.36. The van der Waals surface area contributed by atoms with Crippen LogP contribution in [0.3, 0.4) is 0 Å². The van der Waals surface area contributed by atoms with E-state index in [0.717, 1.165) is 16.5 Å². The number of rotatable bonds is 4. The van der Waals surface area contributed by atoms with Gasteiger partial charge < -0.3 is 0 Å². The first-order chi connectivity index (χ1) is 11.1. The summed E-state index contributed by atoms with van der Waals surface area (Å²) in [5, 5.41) is -0.408. The number of nitrogens with zero attached hydrogens (tertiary/aromatic N) is 1. The van der Waals surface area contributed by atoms with Gasteiger partial charge >= 0.3 is 0 Å². The number of thioether (sulfide) groups is 1. The van der Waals surface area contributed by atoms with Crippen LogP contribution in [-0.4, -0.2) is 4.98 Å². The summed E-state index contributed by atoms with van der Waals surface area (Å²) in [7, 11) is 0. The van der Waals surface area contributed by atoms with Crippen molar-refractivity contribution in [2.45, 2.75) is 10.1 Å². The van der Waals surface area contributed by atoms with Gasteiger partial charge in [-0.15, -0.1) is 11.8 Å². The van der Waals surface area contributed by atoms with Gasteiger partial charge in [0.25, 0.3) is 0 Å². The molecule has 3 aromatic rings. The van der Waals surface area contributed by atoms with Crippen LogP contribution in [0.1, 0.15) is 16.4 Å². The maximum absolute atomic E-state index is 14.2. The Labute approximate surface area is 136 Å². The zero-order valence-electron chi connectivity index (χ0n) is 11.9. The van der Waals surface area contributed by atoms with Gasteiger partial charge in [0.05, 0.1) is 5.25 Å². The van der Waals surface area contributed by atoms with Crippen LogP contribution in [0.25, 0.3) is 0 Å². The molecule has 1 heterocycles. The molecule has 5 heteroatoms. The molecule has 116 valence electrons. The smallest absolute Gasteiger partial charge is 0.130 e. The first-order valence-electron chi connectivity index (χ1n) is 6.90. The number of hydrogen-bond acceptors (Lipinski definition) is 2. The summed E-state index contributed by atoms with van der Waals surface area (Å²) in [6.07, 6.45) is 3.27. The Bertz CT molecular complexity index is 791. The van der Waals surface area contributed by atoms with Crippen molar-refractivity contribution in [3.8, 4) is 0 Å². The average Bonchev–Trinajstić information content (AvgIpc) is 2.56. The number of benzene rings is 2. The third-order valence-corrected chi connectivity index (χ3v) is 4.61. The summed E-state index contributed by atoms with van der Waals surface area (Å²) in [4.78, 5) is 4.85. The molecular weight excluding hydrogens is 319 g/mol. The fraction of sp³-hybridized carbons (Fsp3) is 0.0556. The van der Waals surface area contributed by atoms with Crippen molar-refractivity contribution in [1.82, 2.24) is 4.98 Å². The minimum atomic E-state index is -0.622. The lowest BCUT2D eigenvalue weighted by Crippen LogP contribution is -2.01. The summed E-state index contributed by atoms with van der Waals surface area (Å²) in [6, 6.07) is 13.1. The molecule has 0 spiro atoms. The van der Waals surface area contributed by atoms with Gasteiger partial charge in [-0.05, 0) is 42.0 Å². The van der Waals surface area contributed by atoms with Crippen molar-refractivity contribution in [2.24, 2.45) is 0 Å². The zero-order valence-corrected chi connectivity index (χ0v) is 12.7. The molecule has 0 saturated heterocycles. The quantitative estimate of drug-likeness (QED) is 0.595. The molecule has 2 aromatic carbocycles. The van der Waals surface area contributed by atoms with Gasteiger partial charge in [-0.25, -0.2) is 13.2 Å². The maximum Gasteiger partial charge on any atom is 0.130 e. The van der Waals surface area contributed by atoms with Crippen LogP contribution >= 0.6 is 11.8 Å². The first-order valence-corrected chi connectivity index (χ1v) is 7.78. The van der Waals surface area contributed by atoms with Gasteiger partial charge in [-0.1, -0.05) is 12.1 Å². The molecule has 0 aliphatic carbocycles. The lowest BCUT2D eigenvalue weighted by atomic mass is 10.1. The van der Waals surface area contributed by atoms with E-state index in [-0.39, 0.29) is 5.82 Å². The third-order valence-electron chi connectivity index (χ3n) is 3.30. The molecule has 0 radical (unpaired) electrons. The second kappa shape index (κ2) is 6.87. The second-order valence-electron chi connectivity index (χ2n) is 4.90. The molecular formula is C18H12F3NS. The summed E-state index contributed by atoms with van der Waals surface area (Å²) < 4.78 is 40.5. The number of pyridine rings is 1. The molecule has 1 unspecified atom stereocenters. The maximum atomic E-state index is 14.2. The SMILES string of the molecule is Fc1ccc(SC(c2cccnc2)c2ccc(F)cc2F)cc1. The van der Waals surface area contributed by atoms with Gasteiger partial charge in [0.1, 0.15) is 17.5 Å². The van der Waals surface area contributed by atoms with Crippen molar-refractivity contribution in [2.75, 3.05) is 0 Å². The van der Waals surface area contributed by atoms with E-state index < -0.39 is 16.9 Å². The average molecular weight is 331 g/mol. The lowest BCUT2D eigenvalue weighted by molar-refractivity contribution is 0.574. The van der Waals surface area contributed by atoms with Gasteiger partial charge in [-0.2, -0.15) is 0 Å². The molecule has 1 atom stereocenters. The Balaban J connectivity index is 2.01. The summed E-state index contributed by atoms with van der Waals surface area (Å²) in [5.41, 5.74) is 1.14.